The molecule has 6 heteroatoms. The summed E-state index contributed by atoms with van der Waals surface area (Å²) in [4.78, 5) is 13.9. The molecule has 0 amide bonds. The van der Waals surface area contributed by atoms with Crippen LogP contribution in [0.4, 0.5) is 4.39 Å². The summed E-state index contributed by atoms with van der Waals surface area (Å²) in [7, 11) is 1.88. The van der Waals surface area contributed by atoms with Crippen LogP contribution < -0.4 is 10.3 Å². The Kier molecular flexibility index (Phi) is 5.72. The van der Waals surface area contributed by atoms with Crippen LogP contribution in [0, 0.1) is 5.82 Å². The first-order valence-electron chi connectivity index (χ1n) is 7.91. The third kappa shape index (κ3) is 5.16. The van der Waals surface area contributed by atoms with Gasteiger partial charge in [0.25, 0.3) is 5.56 Å². The van der Waals surface area contributed by atoms with Crippen molar-refractivity contribution in [2.24, 2.45) is 0 Å². The van der Waals surface area contributed by atoms with Crippen molar-refractivity contribution in [1.29, 1.82) is 0 Å². The maximum atomic E-state index is 13.1. The number of hydrogen-bond acceptors (Lipinski definition) is 4. The summed E-state index contributed by atoms with van der Waals surface area (Å²) in [5.41, 5.74) is 0.613. The molecule has 0 unspecified atom stereocenters. The van der Waals surface area contributed by atoms with Crippen LogP contribution in [0.1, 0.15) is 26.5 Å². The van der Waals surface area contributed by atoms with Crippen molar-refractivity contribution in [2.45, 2.75) is 32.9 Å². The van der Waals surface area contributed by atoms with E-state index in [0.29, 0.717) is 25.6 Å². The molecule has 2 rings (SSSR count). The van der Waals surface area contributed by atoms with Gasteiger partial charge in [0.2, 0.25) is 0 Å². The fraction of sp³-hybridized carbons (Fsp3) is 0.444. The van der Waals surface area contributed by atoms with Gasteiger partial charge in [0.05, 0.1) is 12.4 Å². The van der Waals surface area contributed by atoms with Crippen molar-refractivity contribution < 1.29 is 9.13 Å². The first kappa shape index (κ1) is 18.1. The van der Waals surface area contributed by atoms with Crippen molar-refractivity contribution >= 4 is 0 Å². The molecule has 0 radical (unpaired) electrons. The van der Waals surface area contributed by atoms with E-state index in [1.54, 1.807) is 24.3 Å². The van der Waals surface area contributed by atoms with E-state index in [1.807, 2.05) is 11.9 Å². The molecule has 24 heavy (non-hydrogen) atoms. The van der Waals surface area contributed by atoms with Crippen LogP contribution in [0.15, 0.2) is 41.2 Å². The molecule has 0 aliphatic heterocycles. The zero-order valence-corrected chi connectivity index (χ0v) is 14.6. The van der Waals surface area contributed by atoms with Crippen LogP contribution in [0.2, 0.25) is 0 Å². The second-order valence-electron chi connectivity index (χ2n) is 6.83. The number of hydrogen-bond donors (Lipinski definition) is 0. The first-order chi connectivity index (χ1) is 11.3. The lowest BCUT2D eigenvalue weighted by Crippen LogP contribution is -2.35. The van der Waals surface area contributed by atoms with E-state index in [4.69, 9.17) is 4.74 Å². The summed E-state index contributed by atoms with van der Waals surface area (Å²) in [5, 5.41) is 4.43. The zero-order valence-electron chi connectivity index (χ0n) is 14.6. The van der Waals surface area contributed by atoms with Gasteiger partial charge in [0.1, 0.15) is 18.2 Å². The van der Waals surface area contributed by atoms with E-state index < -0.39 is 0 Å². The standard InChI is InChI=1S/C18H24FN3O2/c1-18(2,3)16-8-9-17(23)22(20-16)13-21(4)10-11-24-15-7-5-6-14(19)12-15/h5-9,12H,10-11,13H2,1-4H3. The lowest BCUT2D eigenvalue weighted by atomic mass is 9.92. The van der Waals surface area contributed by atoms with Gasteiger partial charge in [-0.1, -0.05) is 26.8 Å². The summed E-state index contributed by atoms with van der Waals surface area (Å²) in [6.07, 6.45) is 0. The highest BCUT2D eigenvalue weighted by molar-refractivity contribution is 5.22. The quantitative estimate of drug-likeness (QED) is 0.815. The predicted octanol–water partition coefficient (Wildman–Crippen LogP) is 2.65. The number of halogens is 1. The number of nitrogens with zero attached hydrogens (tertiary/aromatic N) is 3. The molecule has 5 nitrogen and oxygen atoms in total. The van der Waals surface area contributed by atoms with E-state index in [0.717, 1.165) is 5.69 Å². The molecule has 1 heterocycles. The van der Waals surface area contributed by atoms with Gasteiger partial charge in [-0.15, -0.1) is 0 Å². The Labute approximate surface area is 141 Å². The highest BCUT2D eigenvalue weighted by Crippen LogP contribution is 2.18. The minimum Gasteiger partial charge on any atom is -0.492 e. The largest absolute Gasteiger partial charge is 0.492 e. The lowest BCUT2D eigenvalue weighted by molar-refractivity contribution is 0.194. The van der Waals surface area contributed by atoms with E-state index in [2.05, 4.69) is 25.9 Å². The molecular formula is C18H24FN3O2. The number of ether oxygens (including phenoxy) is 1. The molecule has 2 aromatic rings. The highest BCUT2D eigenvalue weighted by atomic mass is 19.1. The van der Waals surface area contributed by atoms with Crippen LogP contribution in [0.25, 0.3) is 0 Å². The minimum absolute atomic E-state index is 0.117. The van der Waals surface area contributed by atoms with Crippen LogP contribution in [-0.2, 0) is 12.1 Å². The molecule has 0 spiro atoms. The molecule has 0 aliphatic rings. The Bertz CT molecular complexity index is 738. The summed E-state index contributed by atoms with van der Waals surface area (Å²) >= 11 is 0. The van der Waals surface area contributed by atoms with Crippen LogP contribution >= 0.6 is 0 Å². The van der Waals surface area contributed by atoms with Gasteiger partial charge in [-0.2, -0.15) is 5.10 Å². The summed E-state index contributed by atoms with van der Waals surface area (Å²) in [5.74, 6) is 0.170. The fourth-order valence-corrected chi connectivity index (χ4v) is 2.13. The highest BCUT2D eigenvalue weighted by Gasteiger charge is 2.16. The third-order valence-corrected chi connectivity index (χ3v) is 3.55. The zero-order chi connectivity index (χ0) is 17.7. The predicted molar refractivity (Wildman–Crippen MR) is 91.7 cm³/mol. The van der Waals surface area contributed by atoms with Crippen molar-refractivity contribution in [3.8, 4) is 5.75 Å². The van der Waals surface area contributed by atoms with E-state index in [1.165, 1.54) is 16.8 Å². The van der Waals surface area contributed by atoms with Crippen molar-refractivity contribution in [3.63, 3.8) is 0 Å². The van der Waals surface area contributed by atoms with Crippen molar-refractivity contribution in [3.05, 3.63) is 58.3 Å². The van der Waals surface area contributed by atoms with Gasteiger partial charge in [-0.25, -0.2) is 9.07 Å². The molecule has 0 N–H and O–H groups in total. The van der Waals surface area contributed by atoms with Gasteiger partial charge in [-0.05, 0) is 25.2 Å². The monoisotopic (exact) mass is 333 g/mol. The molecule has 0 atom stereocenters. The summed E-state index contributed by atoms with van der Waals surface area (Å²) < 4.78 is 20.0. The molecule has 0 saturated heterocycles. The maximum Gasteiger partial charge on any atom is 0.267 e. The van der Waals surface area contributed by atoms with E-state index in [9.17, 15) is 9.18 Å². The van der Waals surface area contributed by atoms with Crippen molar-refractivity contribution in [2.75, 3.05) is 20.2 Å². The lowest BCUT2D eigenvalue weighted by Gasteiger charge is -2.21. The van der Waals surface area contributed by atoms with Gasteiger partial charge >= 0.3 is 0 Å². The topological polar surface area (TPSA) is 47.4 Å². The molecule has 130 valence electrons. The fourth-order valence-electron chi connectivity index (χ4n) is 2.13. The van der Waals surface area contributed by atoms with E-state index in [-0.39, 0.29) is 16.8 Å². The second kappa shape index (κ2) is 7.57. The molecule has 1 aromatic carbocycles. The minimum atomic E-state index is -0.324. The SMILES string of the molecule is CN(CCOc1cccc(F)c1)Cn1nc(C(C)(C)C)ccc1=O. The van der Waals surface area contributed by atoms with Gasteiger partial charge < -0.3 is 4.74 Å². The van der Waals surface area contributed by atoms with Crippen LogP contribution in [-0.4, -0.2) is 34.9 Å². The third-order valence-electron chi connectivity index (χ3n) is 3.55. The number of aromatic nitrogens is 2. The molecule has 0 fully saturated rings. The van der Waals surface area contributed by atoms with Gasteiger partial charge in [-0.3, -0.25) is 9.69 Å². The molecular weight excluding hydrogens is 309 g/mol. The Morgan fingerprint density at radius 2 is 2.00 bits per heavy atom. The van der Waals surface area contributed by atoms with E-state index >= 15 is 0 Å². The van der Waals surface area contributed by atoms with Crippen molar-refractivity contribution in [1.82, 2.24) is 14.7 Å². The maximum absolute atomic E-state index is 13.1. The smallest absolute Gasteiger partial charge is 0.267 e. The Balaban J connectivity index is 1.92. The summed E-state index contributed by atoms with van der Waals surface area (Å²) in [6.45, 7) is 7.52. The Morgan fingerprint density at radius 3 is 2.67 bits per heavy atom. The second-order valence-corrected chi connectivity index (χ2v) is 6.83. The van der Waals surface area contributed by atoms with Gasteiger partial charge in [0.15, 0.2) is 0 Å². The summed E-state index contributed by atoms with van der Waals surface area (Å²) in [6, 6.07) is 9.35. The van der Waals surface area contributed by atoms with Gasteiger partial charge in [0, 0.05) is 24.1 Å². The van der Waals surface area contributed by atoms with Crippen LogP contribution in [0.3, 0.4) is 0 Å². The average Bonchev–Trinajstić information content (AvgIpc) is 2.48. The molecule has 0 saturated carbocycles. The number of likely N-dealkylation sites (N-methyl/N-ethyl adjacent to an activating group) is 1. The Morgan fingerprint density at radius 1 is 1.25 bits per heavy atom. The van der Waals surface area contributed by atoms with Crippen LogP contribution in [0.5, 0.6) is 5.75 Å². The number of rotatable bonds is 6. The average molecular weight is 333 g/mol. The number of benzene rings is 1. The normalized spacial score (nSPS) is 11.8. The molecule has 0 aliphatic carbocycles. The first-order valence-corrected chi connectivity index (χ1v) is 7.91. The Hall–Kier alpha value is -2.21. The molecule has 1 aromatic heterocycles. The molecule has 0 bridgehead atoms.